The summed E-state index contributed by atoms with van der Waals surface area (Å²) in [6.45, 7) is 3.48. The third kappa shape index (κ3) is 5.33. The maximum absolute atomic E-state index is 5.39. The van der Waals surface area contributed by atoms with E-state index in [2.05, 4.69) is 51.3 Å². The van der Waals surface area contributed by atoms with Crippen LogP contribution in [-0.2, 0) is 13.0 Å². The molecule has 0 radical (unpaired) electrons. The molecule has 1 heterocycles. The van der Waals surface area contributed by atoms with E-state index in [1.165, 1.54) is 5.56 Å². The number of ether oxygens (including phenoxy) is 1. The SMILES string of the molecule is CN=C(NCCc1ccc(C)c(OC)c1)NCc1csc(-c2ccccc2)n1. The van der Waals surface area contributed by atoms with E-state index in [-0.39, 0.29) is 0 Å². The van der Waals surface area contributed by atoms with Crippen molar-refractivity contribution in [2.75, 3.05) is 20.7 Å². The Morgan fingerprint density at radius 1 is 1.14 bits per heavy atom. The number of benzene rings is 2. The van der Waals surface area contributed by atoms with Gasteiger partial charge in [0.2, 0.25) is 0 Å². The number of thiazole rings is 1. The highest BCUT2D eigenvalue weighted by Gasteiger charge is 2.06. The summed E-state index contributed by atoms with van der Waals surface area (Å²) in [7, 11) is 3.48. The summed E-state index contributed by atoms with van der Waals surface area (Å²) >= 11 is 1.66. The number of hydrogen-bond acceptors (Lipinski definition) is 4. The first kappa shape index (κ1) is 19.9. The second-order valence-corrected chi connectivity index (χ2v) is 7.27. The van der Waals surface area contributed by atoms with Crippen LogP contribution in [0.4, 0.5) is 0 Å². The van der Waals surface area contributed by atoms with Gasteiger partial charge in [0, 0.05) is 24.5 Å². The Labute approximate surface area is 170 Å². The summed E-state index contributed by atoms with van der Waals surface area (Å²) in [4.78, 5) is 8.99. The lowest BCUT2D eigenvalue weighted by molar-refractivity contribution is 0.411. The fourth-order valence-corrected chi connectivity index (χ4v) is 3.67. The molecule has 2 N–H and O–H groups in total. The van der Waals surface area contributed by atoms with Crippen molar-refractivity contribution in [3.8, 4) is 16.3 Å². The number of hydrogen-bond donors (Lipinski definition) is 2. The quantitative estimate of drug-likeness (QED) is 0.469. The zero-order chi connectivity index (χ0) is 19.8. The molecular formula is C22H26N4OS. The van der Waals surface area contributed by atoms with Crippen LogP contribution in [-0.4, -0.2) is 31.6 Å². The molecule has 0 spiro atoms. The van der Waals surface area contributed by atoms with Crippen LogP contribution in [0.15, 0.2) is 58.9 Å². The average molecular weight is 395 g/mol. The highest BCUT2D eigenvalue weighted by atomic mass is 32.1. The Morgan fingerprint density at radius 2 is 1.96 bits per heavy atom. The minimum atomic E-state index is 0.640. The third-order valence-electron chi connectivity index (χ3n) is 4.41. The fourth-order valence-electron chi connectivity index (χ4n) is 2.84. The lowest BCUT2D eigenvalue weighted by Crippen LogP contribution is -2.37. The fraction of sp³-hybridized carbons (Fsp3) is 0.273. The molecule has 2 aromatic carbocycles. The van der Waals surface area contributed by atoms with Gasteiger partial charge in [-0.05, 0) is 30.5 Å². The van der Waals surface area contributed by atoms with E-state index >= 15 is 0 Å². The largest absolute Gasteiger partial charge is 0.496 e. The third-order valence-corrected chi connectivity index (χ3v) is 5.35. The summed E-state index contributed by atoms with van der Waals surface area (Å²) < 4.78 is 5.39. The monoisotopic (exact) mass is 394 g/mol. The van der Waals surface area contributed by atoms with Gasteiger partial charge in [-0.15, -0.1) is 11.3 Å². The van der Waals surface area contributed by atoms with Gasteiger partial charge in [0.25, 0.3) is 0 Å². The second-order valence-electron chi connectivity index (χ2n) is 6.42. The van der Waals surface area contributed by atoms with E-state index in [0.29, 0.717) is 6.54 Å². The molecule has 1 aromatic heterocycles. The van der Waals surface area contributed by atoms with Crippen molar-refractivity contribution in [2.24, 2.45) is 4.99 Å². The van der Waals surface area contributed by atoms with Gasteiger partial charge in [-0.25, -0.2) is 4.98 Å². The molecule has 0 fully saturated rings. The van der Waals surface area contributed by atoms with Crippen LogP contribution in [0.2, 0.25) is 0 Å². The molecular weight excluding hydrogens is 368 g/mol. The van der Waals surface area contributed by atoms with Gasteiger partial charge in [0.1, 0.15) is 10.8 Å². The van der Waals surface area contributed by atoms with Crippen molar-refractivity contribution < 1.29 is 4.74 Å². The first-order valence-electron chi connectivity index (χ1n) is 9.27. The zero-order valence-corrected chi connectivity index (χ0v) is 17.3. The molecule has 0 atom stereocenters. The minimum Gasteiger partial charge on any atom is -0.496 e. The summed E-state index contributed by atoms with van der Waals surface area (Å²) in [6.07, 6.45) is 0.895. The minimum absolute atomic E-state index is 0.640. The molecule has 3 aromatic rings. The summed E-state index contributed by atoms with van der Waals surface area (Å²) in [6, 6.07) is 16.6. The van der Waals surface area contributed by atoms with E-state index in [1.54, 1.807) is 25.5 Å². The number of aryl methyl sites for hydroxylation is 1. The zero-order valence-electron chi connectivity index (χ0n) is 16.5. The van der Waals surface area contributed by atoms with Crippen LogP contribution in [0.3, 0.4) is 0 Å². The van der Waals surface area contributed by atoms with Gasteiger partial charge in [0.15, 0.2) is 5.96 Å². The van der Waals surface area contributed by atoms with Crippen LogP contribution >= 0.6 is 11.3 Å². The number of aromatic nitrogens is 1. The lowest BCUT2D eigenvalue weighted by atomic mass is 10.1. The Hall–Kier alpha value is -2.86. The molecule has 28 heavy (non-hydrogen) atoms. The van der Waals surface area contributed by atoms with Crippen LogP contribution in [0.1, 0.15) is 16.8 Å². The predicted molar refractivity (Wildman–Crippen MR) is 117 cm³/mol. The topological polar surface area (TPSA) is 58.5 Å². The highest BCUT2D eigenvalue weighted by Crippen LogP contribution is 2.23. The van der Waals surface area contributed by atoms with E-state index in [9.17, 15) is 0 Å². The maximum Gasteiger partial charge on any atom is 0.191 e. The summed E-state index contributed by atoms with van der Waals surface area (Å²) in [5.41, 5.74) is 4.54. The second kappa shape index (κ2) is 9.90. The Kier molecular flexibility index (Phi) is 7.03. The molecule has 5 nitrogen and oxygen atoms in total. The van der Waals surface area contributed by atoms with Gasteiger partial charge >= 0.3 is 0 Å². The summed E-state index contributed by atoms with van der Waals surface area (Å²) in [5, 5.41) is 9.80. The first-order valence-corrected chi connectivity index (χ1v) is 10.2. The molecule has 0 bridgehead atoms. The Morgan fingerprint density at radius 3 is 2.71 bits per heavy atom. The van der Waals surface area contributed by atoms with E-state index in [4.69, 9.17) is 9.72 Å². The van der Waals surface area contributed by atoms with Crippen molar-refractivity contribution in [1.82, 2.24) is 15.6 Å². The van der Waals surface area contributed by atoms with Crippen LogP contribution < -0.4 is 15.4 Å². The molecule has 0 aliphatic carbocycles. The molecule has 6 heteroatoms. The van der Waals surface area contributed by atoms with Gasteiger partial charge in [-0.3, -0.25) is 4.99 Å². The lowest BCUT2D eigenvalue weighted by Gasteiger charge is -2.12. The molecule has 0 aliphatic rings. The molecule has 0 saturated carbocycles. The molecule has 3 rings (SSSR count). The van der Waals surface area contributed by atoms with Crippen molar-refractivity contribution in [3.63, 3.8) is 0 Å². The number of aliphatic imine (C=N–C) groups is 1. The number of nitrogens with one attached hydrogen (secondary N) is 2. The van der Waals surface area contributed by atoms with Crippen LogP contribution in [0, 0.1) is 6.92 Å². The number of methoxy groups -OCH3 is 1. The molecule has 0 amide bonds. The van der Waals surface area contributed by atoms with E-state index in [1.807, 2.05) is 25.1 Å². The molecule has 146 valence electrons. The number of rotatable bonds is 7. The number of nitrogens with zero attached hydrogens (tertiary/aromatic N) is 2. The average Bonchev–Trinajstić information content (AvgIpc) is 3.21. The van der Waals surface area contributed by atoms with Crippen molar-refractivity contribution in [2.45, 2.75) is 19.9 Å². The Bertz CT molecular complexity index is 921. The van der Waals surface area contributed by atoms with Crippen molar-refractivity contribution >= 4 is 17.3 Å². The number of guanidine groups is 1. The Balaban J connectivity index is 1.48. The van der Waals surface area contributed by atoms with Crippen LogP contribution in [0.5, 0.6) is 5.75 Å². The van der Waals surface area contributed by atoms with Crippen LogP contribution in [0.25, 0.3) is 10.6 Å². The summed E-state index contributed by atoms with van der Waals surface area (Å²) in [5.74, 6) is 1.70. The standard InChI is InChI=1S/C22H26N4OS/c1-16-9-10-17(13-20(16)27-3)11-12-24-22(23-2)25-14-19-15-28-21(26-19)18-7-5-4-6-8-18/h4-10,13,15H,11-12,14H2,1-3H3,(H2,23,24,25). The first-order chi connectivity index (χ1) is 13.7. The van der Waals surface area contributed by atoms with Gasteiger partial charge in [-0.2, -0.15) is 0 Å². The molecule has 0 aliphatic heterocycles. The molecule has 0 unspecified atom stereocenters. The maximum atomic E-state index is 5.39. The predicted octanol–water partition coefficient (Wildman–Crippen LogP) is 4.03. The van der Waals surface area contributed by atoms with Gasteiger partial charge in [0.05, 0.1) is 19.3 Å². The van der Waals surface area contributed by atoms with E-state index in [0.717, 1.165) is 46.5 Å². The van der Waals surface area contributed by atoms with Crippen molar-refractivity contribution in [1.29, 1.82) is 0 Å². The smallest absolute Gasteiger partial charge is 0.191 e. The highest BCUT2D eigenvalue weighted by molar-refractivity contribution is 7.13. The molecule has 0 saturated heterocycles. The normalized spacial score (nSPS) is 11.3. The van der Waals surface area contributed by atoms with Gasteiger partial charge < -0.3 is 15.4 Å². The van der Waals surface area contributed by atoms with Crippen molar-refractivity contribution in [3.05, 3.63) is 70.7 Å². The van der Waals surface area contributed by atoms with E-state index < -0.39 is 0 Å². The van der Waals surface area contributed by atoms with Gasteiger partial charge in [-0.1, -0.05) is 42.5 Å².